The Morgan fingerprint density at radius 3 is 1.09 bits per heavy atom. The normalized spacial score (nSPS) is 11.6. The second-order valence-electron chi connectivity index (χ2n) is 17.8. The third-order valence-corrected chi connectivity index (χ3v) is 11.9. The van der Waals surface area contributed by atoms with Gasteiger partial charge in [0.15, 0.2) is 0 Å². The number of esters is 2. The van der Waals surface area contributed by atoms with Crippen LogP contribution in [0.2, 0.25) is 0 Å². The third kappa shape index (κ3) is 38.3. The number of amides is 1. The molecule has 0 saturated heterocycles. The highest BCUT2D eigenvalue weighted by Crippen LogP contribution is 2.24. The lowest BCUT2D eigenvalue weighted by atomic mass is 9.91. The minimum Gasteiger partial charge on any atom is -0.466 e. The average Bonchev–Trinajstić information content (AvgIpc) is 3.19. The highest BCUT2D eigenvalue weighted by molar-refractivity contribution is 5.76. The van der Waals surface area contributed by atoms with Crippen molar-refractivity contribution in [3.63, 3.8) is 0 Å². The SMILES string of the molecule is CCCCCCC(CCCCCC)CCCOC(=O)CCCCCN(CCCCCC(=O)OCCCC(CCCCCC)CCCCCC)C(=O)CCCN(C)C. The van der Waals surface area contributed by atoms with Crippen molar-refractivity contribution in [1.29, 1.82) is 0 Å². The van der Waals surface area contributed by atoms with E-state index in [0.29, 0.717) is 32.5 Å². The smallest absolute Gasteiger partial charge is 0.305 e. The largest absolute Gasteiger partial charge is 0.466 e. The number of hydrogen-bond acceptors (Lipinski definition) is 6. The van der Waals surface area contributed by atoms with Crippen molar-refractivity contribution in [2.75, 3.05) is 46.9 Å². The van der Waals surface area contributed by atoms with Gasteiger partial charge in [-0.15, -0.1) is 0 Å². The van der Waals surface area contributed by atoms with Gasteiger partial charge in [-0.1, -0.05) is 169 Å². The highest BCUT2D eigenvalue weighted by atomic mass is 16.5. The maximum Gasteiger partial charge on any atom is 0.305 e. The van der Waals surface area contributed by atoms with Crippen LogP contribution in [0.25, 0.3) is 0 Å². The van der Waals surface area contributed by atoms with E-state index >= 15 is 0 Å². The molecule has 0 saturated carbocycles. The summed E-state index contributed by atoms with van der Waals surface area (Å²) >= 11 is 0. The standard InChI is InChI=1S/C50H98N2O5/c1-7-11-15-21-32-46(33-22-16-12-8-2)36-30-44-56-49(54)39-25-19-27-42-52(48(53)38-29-41-51(5)6)43-28-20-26-40-50(55)57-45-31-37-47(34-23-17-13-9-3)35-24-18-14-10-4/h46-47H,7-45H2,1-6H3. The van der Waals surface area contributed by atoms with E-state index < -0.39 is 0 Å². The lowest BCUT2D eigenvalue weighted by Crippen LogP contribution is -2.33. The van der Waals surface area contributed by atoms with E-state index in [-0.39, 0.29) is 17.8 Å². The summed E-state index contributed by atoms with van der Waals surface area (Å²) < 4.78 is 11.3. The molecule has 1 amide bonds. The molecule has 0 N–H and O–H groups in total. The summed E-state index contributed by atoms with van der Waals surface area (Å²) in [5.74, 6) is 1.61. The van der Waals surface area contributed by atoms with Gasteiger partial charge in [0.05, 0.1) is 13.2 Å². The van der Waals surface area contributed by atoms with Crippen LogP contribution in [-0.4, -0.2) is 74.6 Å². The van der Waals surface area contributed by atoms with Gasteiger partial charge in [-0.25, -0.2) is 0 Å². The molecule has 338 valence electrons. The van der Waals surface area contributed by atoms with Crippen molar-refractivity contribution in [1.82, 2.24) is 9.80 Å². The summed E-state index contributed by atoms with van der Waals surface area (Å²) in [4.78, 5) is 42.3. The predicted octanol–water partition coefficient (Wildman–Crippen LogP) is 14.0. The van der Waals surface area contributed by atoms with E-state index in [0.717, 1.165) is 89.3 Å². The van der Waals surface area contributed by atoms with Gasteiger partial charge in [0.2, 0.25) is 5.91 Å². The van der Waals surface area contributed by atoms with Gasteiger partial charge < -0.3 is 19.3 Å². The van der Waals surface area contributed by atoms with Crippen LogP contribution in [0.3, 0.4) is 0 Å². The quantitative estimate of drug-likeness (QED) is 0.0451. The molecule has 0 aromatic heterocycles. The Balaban J connectivity index is 4.45. The number of unbranched alkanes of at least 4 members (excludes halogenated alkanes) is 16. The topological polar surface area (TPSA) is 76.1 Å². The number of carbonyl (C=O) groups is 3. The van der Waals surface area contributed by atoms with Gasteiger partial charge in [-0.2, -0.15) is 0 Å². The van der Waals surface area contributed by atoms with Gasteiger partial charge in [0, 0.05) is 32.4 Å². The molecule has 0 aromatic rings. The first-order valence-corrected chi connectivity index (χ1v) is 25.0. The van der Waals surface area contributed by atoms with E-state index in [1.807, 2.05) is 19.0 Å². The first kappa shape index (κ1) is 55.4. The molecule has 0 aliphatic carbocycles. The van der Waals surface area contributed by atoms with Crippen LogP contribution in [-0.2, 0) is 23.9 Å². The van der Waals surface area contributed by atoms with E-state index in [1.165, 1.54) is 141 Å². The minimum atomic E-state index is -0.0765. The molecule has 57 heavy (non-hydrogen) atoms. The summed E-state index contributed by atoms with van der Waals surface area (Å²) in [5, 5.41) is 0. The summed E-state index contributed by atoms with van der Waals surface area (Å²) in [6.07, 6.45) is 38.4. The number of hydrogen-bond donors (Lipinski definition) is 0. The van der Waals surface area contributed by atoms with Crippen LogP contribution in [0, 0.1) is 11.8 Å². The van der Waals surface area contributed by atoms with E-state index in [1.54, 1.807) is 0 Å². The Kier molecular flexibility index (Phi) is 41.3. The molecule has 0 atom stereocenters. The molecule has 0 aliphatic rings. The molecule has 0 bridgehead atoms. The first-order chi connectivity index (χ1) is 27.8. The van der Waals surface area contributed by atoms with Crippen molar-refractivity contribution >= 4 is 17.8 Å². The second-order valence-corrected chi connectivity index (χ2v) is 17.8. The molecular formula is C50H98N2O5. The van der Waals surface area contributed by atoms with Crippen molar-refractivity contribution < 1.29 is 23.9 Å². The summed E-state index contributed by atoms with van der Waals surface area (Å²) in [7, 11) is 4.09. The fourth-order valence-electron chi connectivity index (χ4n) is 8.13. The molecule has 7 heteroatoms. The Bertz CT molecular complexity index is 814. The van der Waals surface area contributed by atoms with Crippen LogP contribution in [0.15, 0.2) is 0 Å². The lowest BCUT2D eigenvalue weighted by Gasteiger charge is -2.23. The van der Waals surface area contributed by atoms with Crippen LogP contribution in [0.1, 0.15) is 246 Å². The van der Waals surface area contributed by atoms with Crippen molar-refractivity contribution in [2.24, 2.45) is 11.8 Å². The second kappa shape index (κ2) is 42.5. The fraction of sp³-hybridized carbons (Fsp3) is 0.940. The molecule has 0 fully saturated rings. The zero-order chi connectivity index (χ0) is 42.0. The van der Waals surface area contributed by atoms with E-state index in [2.05, 4.69) is 32.6 Å². The maximum atomic E-state index is 13.2. The number of carbonyl (C=O) groups excluding carboxylic acids is 3. The van der Waals surface area contributed by atoms with Crippen molar-refractivity contribution in [3.05, 3.63) is 0 Å². The molecule has 0 heterocycles. The number of nitrogens with zero attached hydrogens (tertiary/aromatic N) is 2. The molecule has 0 radical (unpaired) electrons. The summed E-state index contributed by atoms with van der Waals surface area (Å²) in [6, 6.07) is 0. The molecule has 0 aliphatic heterocycles. The zero-order valence-electron chi connectivity index (χ0n) is 39.2. The average molecular weight is 807 g/mol. The summed E-state index contributed by atoms with van der Waals surface area (Å²) in [5.41, 5.74) is 0. The van der Waals surface area contributed by atoms with Crippen molar-refractivity contribution in [2.45, 2.75) is 246 Å². The molecular weight excluding hydrogens is 709 g/mol. The maximum absolute atomic E-state index is 13.2. The van der Waals surface area contributed by atoms with Gasteiger partial charge in [0.25, 0.3) is 0 Å². The van der Waals surface area contributed by atoms with Gasteiger partial charge in [0.1, 0.15) is 0 Å². The Hall–Kier alpha value is -1.63. The lowest BCUT2D eigenvalue weighted by molar-refractivity contribution is -0.144. The van der Waals surface area contributed by atoms with E-state index in [9.17, 15) is 14.4 Å². The van der Waals surface area contributed by atoms with Crippen LogP contribution in [0.5, 0.6) is 0 Å². The van der Waals surface area contributed by atoms with Gasteiger partial charge >= 0.3 is 11.9 Å². The Morgan fingerprint density at radius 1 is 0.386 bits per heavy atom. The first-order valence-electron chi connectivity index (χ1n) is 25.0. The van der Waals surface area contributed by atoms with Crippen molar-refractivity contribution in [3.8, 4) is 0 Å². The van der Waals surface area contributed by atoms with Crippen LogP contribution in [0.4, 0.5) is 0 Å². The molecule has 0 aromatic carbocycles. The minimum absolute atomic E-state index is 0.0765. The molecule has 7 nitrogen and oxygen atoms in total. The number of ether oxygens (including phenoxy) is 2. The molecule has 0 unspecified atom stereocenters. The molecule has 0 rings (SSSR count). The Morgan fingerprint density at radius 2 is 0.737 bits per heavy atom. The fourth-order valence-corrected chi connectivity index (χ4v) is 8.13. The van der Waals surface area contributed by atoms with Crippen LogP contribution >= 0.6 is 0 Å². The summed E-state index contributed by atoms with van der Waals surface area (Å²) in [6.45, 7) is 12.5. The predicted molar refractivity (Wildman–Crippen MR) is 244 cm³/mol. The Labute approximate surface area is 355 Å². The van der Waals surface area contributed by atoms with E-state index in [4.69, 9.17) is 9.47 Å². The van der Waals surface area contributed by atoms with Gasteiger partial charge in [-0.3, -0.25) is 14.4 Å². The number of rotatable bonds is 44. The van der Waals surface area contributed by atoms with Crippen LogP contribution < -0.4 is 0 Å². The monoisotopic (exact) mass is 807 g/mol. The molecule has 0 spiro atoms. The third-order valence-electron chi connectivity index (χ3n) is 11.9. The van der Waals surface area contributed by atoms with Gasteiger partial charge in [-0.05, 0) is 90.3 Å². The highest BCUT2D eigenvalue weighted by Gasteiger charge is 2.15. The zero-order valence-corrected chi connectivity index (χ0v) is 39.2.